The molecule has 0 aromatic heterocycles. The number of sulfonamides is 1. The highest BCUT2D eigenvalue weighted by Gasteiger charge is 2.27. The van der Waals surface area contributed by atoms with E-state index in [2.05, 4.69) is 5.32 Å². The Kier molecular flexibility index (Phi) is 6.59. The molecule has 0 radical (unpaired) electrons. The number of ether oxygens (including phenoxy) is 1. The smallest absolute Gasteiger partial charge is 0.243 e. The maximum absolute atomic E-state index is 12.9. The van der Waals surface area contributed by atoms with Crippen molar-refractivity contribution in [3.05, 3.63) is 53.1 Å². The number of halogens is 1. The fourth-order valence-corrected chi connectivity index (χ4v) is 4.85. The fraction of sp³-hybridized carbons (Fsp3) is 0.350. The van der Waals surface area contributed by atoms with Crippen molar-refractivity contribution < 1.29 is 17.9 Å². The number of nitrogens with one attached hydrogen (secondary N) is 1. The van der Waals surface area contributed by atoms with E-state index in [4.69, 9.17) is 16.3 Å². The molecule has 1 heterocycles. The Balaban J connectivity index is 1.80. The Labute approximate surface area is 170 Å². The van der Waals surface area contributed by atoms with E-state index in [9.17, 15) is 13.2 Å². The molecule has 3 rings (SSSR count). The van der Waals surface area contributed by atoms with Gasteiger partial charge in [0.1, 0.15) is 5.75 Å². The van der Waals surface area contributed by atoms with Gasteiger partial charge in [0.2, 0.25) is 15.9 Å². The molecular formula is C20H23ClN2O4S. The number of carbonyl (C=O) groups is 1. The van der Waals surface area contributed by atoms with Crippen LogP contribution in [-0.2, 0) is 21.2 Å². The molecule has 150 valence electrons. The lowest BCUT2D eigenvalue weighted by Crippen LogP contribution is -2.35. The quantitative estimate of drug-likeness (QED) is 0.770. The molecule has 6 nitrogen and oxygen atoms in total. The molecule has 1 aliphatic heterocycles. The summed E-state index contributed by atoms with van der Waals surface area (Å²) >= 11 is 5.86. The number of methoxy groups -OCH3 is 1. The summed E-state index contributed by atoms with van der Waals surface area (Å²) in [7, 11) is -2.12. The van der Waals surface area contributed by atoms with Crippen molar-refractivity contribution in [2.45, 2.75) is 30.6 Å². The molecule has 1 aliphatic rings. The van der Waals surface area contributed by atoms with Crippen LogP contribution in [0.25, 0.3) is 0 Å². The molecule has 1 fully saturated rings. The summed E-state index contributed by atoms with van der Waals surface area (Å²) in [5, 5.41) is 3.36. The maximum Gasteiger partial charge on any atom is 0.243 e. The molecule has 1 saturated heterocycles. The van der Waals surface area contributed by atoms with Crippen LogP contribution in [0.3, 0.4) is 0 Å². The van der Waals surface area contributed by atoms with Gasteiger partial charge in [-0.1, -0.05) is 30.2 Å². The van der Waals surface area contributed by atoms with E-state index in [0.717, 1.165) is 24.8 Å². The average molecular weight is 423 g/mol. The third-order valence-electron chi connectivity index (χ3n) is 4.68. The van der Waals surface area contributed by atoms with Crippen LogP contribution in [0.5, 0.6) is 5.75 Å². The SMILES string of the molecule is COc1ccc(S(=O)(=O)N2CCCCC2)cc1NC(=O)Cc1ccc(Cl)cc1. The van der Waals surface area contributed by atoms with Gasteiger partial charge in [-0.05, 0) is 48.7 Å². The third-order valence-corrected chi connectivity index (χ3v) is 6.82. The number of anilines is 1. The van der Waals surface area contributed by atoms with Crippen LogP contribution in [0.1, 0.15) is 24.8 Å². The van der Waals surface area contributed by atoms with E-state index < -0.39 is 10.0 Å². The molecule has 1 N–H and O–H groups in total. The summed E-state index contributed by atoms with van der Waals surface area (Å²) < 4.78 is 32.6. The van der Waals surface area contributed by atoms with Gasteiger partial charge in [-0.15, -0.1) is 0 Å². The first kappa shape index (κ1) is 20.6. The molecular weight excluding hydrogens is 400 g/mol. The minimum Gasteiger partial charge on any atom is -0.495 e. The zero-order chi connectivity index (χ0) is 20.1. The molecule has 8 heteroatoms. The largest absolute Gasteiger partial charge is 0.495 e. The second-order valence-corrected chi connectivity index (χ2v) is 9.05. The van der Waals surface area contributed by atoms with Crippen LogP contribution in [0.2, 0.25) is 5.02 Å². The summed E-state index contributed by atoms with van der Waals surface area (Å²) in [6.07, 6.45) is 2.91. The zero-order valence-corrected chi connectivity index (χ0v) is 17.2. The molecule has 2 aromatic rings. The minimum absolute atomic E-state index is 0.142. The minimum atomic E-state index is -3.60. The van der Waals surface area contributed by atoms with Crippen LogP contribution in [-0.4, -0.2) is 38.8 Å². The second-order valence-electron chi connectivity index (χ2n) is 6.68. The number of carbonyl (C=O) groups excluding carboxylic acids is 1. The number of benzene rings is 2. The molecule has 1 amide bonds. The Morgan fingerprint density at radius 3 is 2.43 bits per heavy atom. The molecule has 0 unspecified atom stereocenters. The topological polar surface area (TPSA) is 75.7 Å². The van der Waals surface area contributed by atoms with Crippen LogP contribution in [0.15, 0.2) is 47.4 Å². The number of rotatable bonds is 6. The van der Waals surface area contributed by atoms with Gasteiger partial charge < -0.3 is 10.1 Å². The van der Waals surface area contributed by atoms with Gasteiger partial charge in [0.15, 0.2) is 0 Å². The van der Waals surface area contributed by atoms with Crippen molar-refractivity contribution >= 4 is 33.2 Å². The number of amides is 1. The number of hydrogen-bond acceptors (Lipinski definition) is 4. The molecule has 0 aliphatic carbocycles. The summed E-state index contributed by atoms with van der Waals surface area (Å²) in [6.45, 7) is 1.04. The Bertz CT molecular complexity index is 939. The van der Waals surface area contributed by atoms with Crippen molar-refractivity contribution in [1.82, 2.24) is 4.31 Å². The summed E-state index contributed by atoms with van der Waals surface area (Å²) in [6, 6.07) is 11.5. The first-order chi connectivity index (χ1) is 13.4. The highest BCUT2D eigenvalue weighted by molar-refractivity contribution is 7.89. The third kappa shape index (κ3) is 4.84. The van der Waals surface area contributed by atoms with E-state index >= 15 is 0 Å². The Morgan fingerprint density at radius 1 is 1.11 bits per heavy atom. The van der Waals surface area contributed by atoms with Crippen molar-refractivity contribution in [1.29, 1.82) is 0 Å². The van der Waals surface area contributed by atoms with Gasteiger partial charge in [0.25, 0.3) is 0 Å². The lowest BCUT2D eigenvalue weighted by molar-refractivity contribution is -0.115. The van der Waals surface area contributed by atoms with Crippen LogP contribution in [0, 0.1) is 0 Å². The van der Waals surface area contributed by atoms with Gasteiger partial charge in [0, 0.05) is 18.1 Å². The normalized spacial score (nSPS) is 15.2. The van der Waals surface area contributed by atoms with Gasteiger partial charge in [-0.3, -0.25) is 4.79 Å². The van der Waals surface area contributed by atoms with E-state index in [0.29, 0.717) is 29.5 Å². The van der Waals surface area contributed by atoms with Gasteiger partial charge in [-0.25, -0.2) is 8.42 Å². The number of nitrogens with zero attached hydrogens (tertiary/aromatic N) is 1. The fourth-order valence-electron chi connectivity index (χ4n) is 3.18. The molecule has 0 bridgehead atoms. The van der Waals surface area contributed by atoms with Crippen LogP contribution >= 0.6 is 11.6 Å². The standard InChI is InChI=1S/C20H23ClN2O4S/c1-27-19-10-9-17(28(25,26)23-11-3-2-4-12-23)14-18(19)22-20(24)13-15-5-7-16(21)8-6-15/h5-10,14H,2-4,11-13H2,1H3,(H,22,24). The Morgan fingerprint density at radius 2 is 1.79 bits per heavy atom. The first-order valence-corrected chi connectivity index (χ1v) is 10.9. The van der Waals surface area contributed by atoms with Crippen molar-refractivity contribution in [3.63, 3.8) is 0 Å². The predicted octanol–water partition coefficient (Wildman–Crippen LogP) is 3.70. The molecule has 0 atom stereocenters. The van der Waals surface area contributed by atoms with Crippen LogP contribution < -0.4 is 10.1 Å². The van der Waals surface area contributed by atoms with Crippen LogP contribution in [0.4, 0.5) is 5.69 Å². The lowest BCUT2D eigenvalue weighted by atomic mass is 10.1. The van der Waals surface area contributed by atoms with E-state index in [1.807, 2.05) is 0 Å². The molecule has 28 heavy (non-hydrogen) atoms. The predicted molar refractivity (Wildman–Crippen MR) is 109 cm³/mol. The monoisotopic (exact) mass is 422 g/mol. The lowest BCUT2D eigenvalue weighted by Gasteiger charge is -2.26. The van der Waals surface area contributed by atoms with Gasteiger partial charge in [-0.2, -0.15) is 4.31 Å². The number of hydrogen-bond donors (Lipinski definition) is 1. The number of piperidine rings is 1. The Hall–Kier alpha value is -2.09. The van der Waals surface area contributed by atoms with Gasteiger partial charge in [0.05, 0.1) is 24.1 Å². The summed E-state index contributed by atoms with van der Waals surface area (Å²) in [4.78, 5) is 12.6. The van der Waals surface area contributed by atoms with Gasteiger partial charge >= 0.3 is 0 Å². The van der Waals surface area contributed by atoms with E-state index in [1.165, 1.54) is 23.5 Å². The highest BCUT2D eigenvalue weighted by atomic mass is 35.5. The second kappa shape index (κ2) is 8.94. The summed E-state index contributed by atoms with van der Waals surface area (Å²) in [5.74, 6) is 0.134. The van der Waals surface area contributed by atoms with E-state index in [-0.39, 0.29) is 17.2 Å². The summed E-state index contributed by atoms with van der Waals surface area (Å²) in [5.41, 5.74) is 1.14. The van der Waals surface area contributed by atoms with Crippen molar-refractivity contribution in [3.8, 4) is 5.75 Å². The zero-order valence-electron chi connectivity index (χ0n) is 15.7. The highest BCUT2D eigenvalue weighted by Crippen LogP contribution is 2.30. The maximum atomic E-state index is 12.9. The molecule has 0 saturated carbocycles. The average Bonchev–Trinajstić information content (AvgIpc) is 2.70. The van der Waals surface area contributed by atoms with Crippen molar-refractivity contribution in [2.75, 3.05) is 25.5 Å². The molecule has 0 spiro atoms. The van der Waals surface area contributed by atoms with E-state index in [1.54, 1.807) is 30.3 Å². The first-order valence-electron chi connectivity index (χ1n) is 9.12. The molecule has 2 aromatic carbocycles. The van der Waals surface area contributed by atoms with Crippen molar-refractivity contribution in [2.24, 2.45) is 0 Å².